The molecule has 4 fully saturated rings. The highest BCUT2D eigenvalue weighted by molar-refractivity contribution is 7.90. The number of aromatic amines is 1. The molecule has 1 unspecified atom stereocenters. The molecule has 2 aromatic heterocycles. The molecule has 2 aliphatic carbocycles. The normalized spacial score (nSPS) is 23.9. The quantitative estimate of drug-likeness (QED) is 0.117. The van der Waals surface area contributed by atoms with Crippen LogP contribution in [0, 0.1) is 22.6 Å². The van der Waals surface area contributed by atoms with E-state index in [9.17, 15) is 18.3 Å². The number of sulfonamides is 1. The number of pyridine rings is 1. The van der Waals surface area contributed by atoms with Gasteiger partial charge in [-0.25, -0.2) is 22.5 Å². The minimum Gasteiger partial charge on any atom is -0.495 e. The first-order valence-electron chi connectivity index (χ1n) is 21.2. The highest BCUT2D eigenvalue weighted by Gasteiger charge is 2.51. The van der Waals surface area contributed by atoms with Crippen LogP contribution >= 0.6 is 0 Å². The molecule has 12 nitrogen and oxygen atoms in total. The topological polar surface area (TPSA) is 149 Å². The lowest BCUT2D eigenvalue weighted by Crippen LogP contribution is -2.57. The molecular formula is C45H59FN6O6S. The molecule has 1 atom stereocenters. The van der Waals surface area contributed by atoms with Crippen molar-refractivity contribution in [2.45, 2.75) is 114 Å². The average molecular weight is 831 g/mol. The van der Waals surface area contributed by atoms with Gasteiger partial charge in [0.15, 0.2) is 0 Å². The standard InChI is InChI=1S/C45H59FN6O6S/c1-43(2,3)40-7-6-18-52(40)31-25-45(26-31)15-19-51(20-16-45)37-24-38(58-32-21-30-12-17-47-41(30)49-28-32)34(23-35(37)46)42(53)50-59(55,56)33-8-9-36(39(22-33)57-5)48-27-29-10-13-44(4,54)14-11-29/h8-9,12,17,21-24,28-29,31,40,48,54H,6-7,10-11,13-16,18-20,25-27H2,1-5H3,(H,47,49)(H,50,53). The molecule has 0 bridgehead atoms. The Morgan fingerprint density at radius 2 is 1.76 bits per heavy atom. The van der Waals surface area contributed by atoms with Crippen molar-refractivity contribution in [3.8, 4) is 17.2 Å². The van der Waals surface area contributed by atoms with E-state index in [4.69, 9.17) is 9.47 Å². The maximum absolute atomic E-state index is 16.2. The van der Waals surface area contributed by atoms with Crippen LogP contribution in [0.15, 0.2) is 59.8 Å². The number of likely N-dealkylation sites (tertiary alicyclic amines) is 1. The Kier molecular flexibility index (Phi) is 11.1. The van der Waals surface area contributed by atoms with E-state index in [0.29, 0.717) is 66.2 Å². The number of benzene rings is 2. The van der Waals surface area contributed by atoms with Crippen LogP contribution in [-0.4, -0.2) is 85.3 Å². The zero-order valence-corrected chi connectivity index (χ0v) is 35.8. The van der Waals surface area contributed by atoms with Crippen LogP contribution in [0.1, 0.15) is 102 Å². The molecule has 1 amide bonds. The van der Waals surface area contributed by atoms with Crippen molar-refractivity contribution in [1.29, 1.82) is 0 Å². The van der Waals surface area contributed by atoms with Gasteiger partial charge in [-0.15, -0.1) is 0 Å². The van der Waals surface area contributed by atoms with E-state index in [-0.39, 0.29) is 27.0 Å². The summed E-state index contributed by atoms with van der Waals surface area (Å²) in [7, 11) is -2.99. The number of carbonyl (C=O) groups excluding carboxylic acids is 1. The molecule has 14 heteroatoms. The smallest absolute Gasteiger partial charge is 0.268 e. The molecule has 8 rings (SSSR count). The molecule has 2 aromatic carbocycles. The third-order valence-electron chi connectivity index (χ3n) is 13.6. The fourth-order valence-corrected chi connectivity index (χ4v) is 11.1. The zero-order chi connectivity index (χ0) is 41.7. The summed E-state index contributed by atoms with van der Waals surface area (Å²) in [5.74, 6) is -0.699. The first kappa shape index (κ1) is 41.3. The number of fused-ring (bicyclic) bond motifs is 1. The van der Waals surface area contributed by atoms with Gasteiger partial charge in [0.05, 0.1) is 40.7 Å². The highest BCUT2D eigenvalue weighted by Crippen LogP contribution is 2.54. The maximum atomic E-state index is 16.2. The SMILES string of the molecule is COc1cc(S(=O)(=O)NC(=O)c2cc(F)c(N3CCC4(CC3)CC(N3CCCC3C(C)(C)C)C4)cc2Oc2cnc3[nH]ccc3c2)ccc1NCC1CCC(C)(O)CC1. The lowest BCUT2D eigenvalue weighted by atomic mass is 9.59. The number of aliphatic hydroxyl groups is 1. The van der Waals surface area contributed by atoms with E-state index < -0.39 is 27.3 Å². The summed E-state index contributed by atoms with van der Waals surface area (Å²) >= 11 is 0. The summed E-state index contributed by atoms with van der Waals surface area (Å²) in [5.41, 5.74) is 1.18. The highest BCUT2D eigenvalue weighted by atomic mass is 32.2. The van der Waals surface area contributed by atoms with Crippen molar-refractivity contribution < 1.29 is 32.2 Å². The average Bonchev–Trinajstić information content (AvgIpc) is 3.87. The van der Waals surface area contributed by atoms with Crippen LogP contribution in [0.5, 0.6) is 17.2 Å². The number of rotatable bonds is 11. The molecule has 4 aliphatic rings. The molecule has 59 heavy (non-hydrogen) atoms. The summed E-state index contributed by atoms with van der Waals surface area (Å²) in [5, 5.41) is 14.4. The van der Waals surface area contributed by atoms with Crippen molar-refractivity contribution in [1.82, 2.24) is 19.6 Å². The van der Waals surface area contributed by atoms with Crippen LogP contribution in [0.2, 0.25) is 0 Å². The van der Waals surface area contributed by atoms with Crippen molar-refractivity contribution in [2.24, 2.45) is 16.7 Å². The van der Waals surface area contributed by atoms with Gasteiger partial charge in [-0.05, 0) is 125 Å². The number of halogens is 1. The van der Waals surface area contributed by atoms with Gasteiger partial charge in [0.1, 0.15) is 28.7 Å². The second-order valence-corrected chi connectivity index (χ2v) is 20.6. The Labute approximate surface area is 347 Å². The minimum atomic E-state index is -4.44. The molecule has 4 heterocycles. The van der Waals surface area contributed by atoms with E-state index in [1.807, 2.05) is 17.9 Å². The van der Waals surface area contributed by atoms with Crippen molar-refractivity contribution in [2.75, 3.05) is 43.5 Å². The van der Waals surface area contributed by atoms with E-state index in [1.165, 1.54) is 63.7 Å². The molecular weight excluding hydrogens is 772 g/mol. The lowest BCUT2D eigenvalue weighted by Gasteiger charge is -2.57. The second-order valence-electron chi connectivity index (χ2n) is 18.9. The third-order valence-corrected chi connectivity index (χ3v) is 15.0. The van der Waals surface area contributed by atoms with Crippen LogP contribution in [0.25, 0.3) is 11.0 Å². The summed E-state index contributed by atoms with van der Waals surface area (Å²) in [6, 6.07) is 11.7. The van der Waals surface area contributed by atoms with Gasteiger partial charge in [0, 0.05) is 55.4 Å². The number of ether oxygens (including phenoxy) is 2. The van der Waals surface area contributed by atoms with Crippen LogP contribution < -0.4 is 24.4 Å². The molecule has 2 aliphatic heterocycles. The van der Waals surface area contributed by atoms with Crippen molar-refractivity contribution in [3.63, 3.8) is 0 Å². The Morgan fingerprint density at radius 1 is 1.02 bits per heavy atom. The number of carbonyl (C=O) groups is 1. The fourth-order valence-electron chi connectivity index (χ4n) is 10.1. The molecule has 1 spiro atoms. The summed E-state index contributed by atoms with van der Waals surface area (Å²) in [6.07, 6.45) is 13.2. The van der Waals surface area contributed by atoms with E-state index in [0.717, 1.165) is 50.0 Å². The van der Waals surface area contributed by atoms with Gasteiger partial charge in [0.25, 0.3) is 15.9 Å². The molecule has 0 radical (unpaired) electrons. The number of anilines is 2. The predicted octanol–water partition coefficient (Wildman–Crippen LogP) is 8.23. The van der Waals surface area contributed by atoms with Crippen LogP contribution in [-0.2, 0) is 10.0 Å². The number of nitrogens with zero attached hydrogens (tertiary/aromatic N) is 3. The fraction of sp³-hybridized carbons (Fsp3) is 0.556. The molecule has 4 aromatic rings. The monoisotopic (exact) mass is 830 g/mol. The van der Waals surface area contributed by atoms with E-state index >= 15 is 4.39 Å². The largest absolute Gasteiger partial charge is 0.495 e. The predicted molar refractivity (Wildman–Crippen MR) is 227 cm³/mol. The van der Waals surface area contributed by atoms with Gasteiger partial charge in [-0.3, -0.25) is 9.69 Å². The zero-order valence-electron chi connectivity index (χ0n) is 34.9. The Bertz CT molecular complexity index is 2280. The number of hydrogen-bond acceptors (Lipinski definition) is 10. The van der Waals surface area contributed by atoms with Gasteiger partial charge < -0.3 is 29.8 Å². The Hall–Kier alpha value is -4.40. The number of amides is 1. The number of hydrogen-bond donors (Lipinski definition) is 4. The number of nitrogens with one attached hydrogen (secondary N) is 3. The van der Waals surface area contributed by atoms with Gasteiger partial charge in [-0.1, -0.05) is 20.8 Å². The van der Waals surface area contributed by atoms with Crippen molar-refractivity contribution in [3.05, 3.63) is 66.2 Å². The van der Waals surface area contributed by atoms with Crippen LogP contribution in [0.4, 0.5) is 15.8 Å². The molecule has 4 N–H and O–H groups in total. The first-order valence-corrected chi connectivity index (χ1v) is 22.7. The summed E-state index contributed by atoms with van der Waals surface area (Å²) in [4.78, 5) is 25.9. The molecule has 2 saturated heterocycles. The Balaban J connectivity index is 0.988. The Morgan fingerprint density at radius 3 is 2.47 bits per heavy atom. The van der Waals surface area contributed by atoms with E-state index in [1.54, 1.807) is 18.3 Å². The van der Waals surface area contributed by atoms with Crippen molar-refractivity contribution >= 4 is 38.3 Å². The summed E-state index contributed by atoms with van der Waals surface area (Å²) < 4.78 is 57.7. The van der Waals surface area contributed by atoms with Crippen LogP contribution in [0.3, 0.4) is 0 Å². The van der Waals surface area contributed by atoms with Gasteiger partial charge >= 0.3 is 0 Å². The number of aromatic nitrogens is 2. The number of methoxy groups -OCH3 is 1. The first-order chi connectivity index (χ1) is 28.0. The minimum absolute atomic E-state index is 0.0124. The van der Waals surface area contributed by atoms with Gasteiger partial charge in [-0.2, -0.15) is 0 Å². The molecule has 318 valence electrons. The maximum Gasteiger partial charge on any atom is 0.268 e. The third kappa shape index (κ3) is 8.77. The molecule has 2 saturated carbocycles. The number of H-pyrrole nitrogens is 1. The summed E-state index contributed by atoms with van der Waals surface area (Å²) in [6.45, 7) is 12.0. The second kappa shape index (κ2) is 15.9. The van der Waals surface area contributed by atoms with Gasteiger partial charge in [0.2, 0.25) is 0 Å². The lowest BCUT2D eigenvalue weighted by molar-refractivity contribution is -0.0400. The number of piperidine rings is 1. The van der Waals surface area contributed by atoms with E-state index in [2.05, 4.69) is 45.7 Å².